The van der Waals surface area contributed by atoms with Gasteiger partial charge in [0.2, 0.25) is 0 Å². The van der Waals surface area contributed by atoms with Crippen molar-refractivity contribution in [2.75, 3.05) is 0 Å². The molecule has 0 heterocycles. The fraction of sp³-hybridized carbons (Fsp3) is 0.409. The number of hydrogen-bond acceptors (Lipinski definition) is 2. The van der Waals surface area contributed by atoms with E-state index in [1.807, 2.05) is 0 Å². The number of aliphatic hydroxyl groups excluding tert-OH is 1. The summed E-state index contributed by atoms with van der Waals surface area (Å²) >= 11 is 5.79. The molecule has 1 aromatic carbocycles. The molecule has 3 nitrogen and oxygen atoms in total. The van der Waals surface area contributed by atoms with Crippen molar-refractivity contribution in [2.24, 2.45) is 17.8 Å². The van der Waals surface area contributed by atoms with Gasteiger partial charge in [0.15, 0.2) is 0 Å². The van der Waals surface area contributed by atoms with Crippen molar-refractivity contribution in [2.45, 2.75) is 38.8 Å². The molecule has 3 unspecified atom stereocenters. The van der Waals surface area contributed by atoms with Crippen LogP contribution in [0, 0.1) is 17.8 Å². The first-order chi connectivity index (χ1) is 14.9. The maximum atomic E-state index is 14.5. The maximum absolute atomic E-state index is 14.5. The van der Waals surface area contributed by atoms with E-state index >= 15 is 0 Å². The summed E-state index contributed by atoms with van der Waals surface area (Å²) in [6.45, 7) is 4.20. The average Bonchev–Trinajstić information content (AvgIpc) is 2.64. The monoisotopic (exact) mass is 500 g/mol. The van der Waals surface area contributed by atoms with Crippen molar-refractivity contribution >= 4 is 23.3 Å². The number of aliphatic hydroxyl groups is 1. The van der Waals surface area contributed by atoms with Crippen molar-refractivity contribution in [1.82, 2.24) is 0 Å². The number of alkyl halides is 7. The Labute approximate surface area is 189 Å². The summed E-state index contributed by atoms with van der Waals surface area (Å²) in [5, 5.41) is 19.5. The van der Waals surface area contributed by atoms with Gasteiger partial charge < -0.3 is 10.2 Å². The molecule has 0 radical (unpaired) electrons. The highest BCUT2D eigenvalue weighted by molar-refractivity contribution is 6.33. The summed E-state index contributed by atoms with van der Waals surface area (Å²) in [5.41, 5.74) is -7.16. The van der Waals surface area contributed by atoms with Crippen LogP contribution in [0.25, 0.3) is 5.76 Å². The number of carboxylic acids is 1. The summed E-state index contributed by atoms with van der Waals surface area (Å²) in [4.78, 5) is 11.2. The van der Waals surface area contributed by atoms with Crippen molar-refractivity contribution in [3.05, 3.63) is 63.7 Å². The van der Waals surface area contributed by atoms with Crippen molar-refractivity contribution < 1.29 is 45.7 Å². The molecule has 0 saturated carbocycles. The van der Waals surface area contributed by atoms with Crippen molar-refractivity contribution in [1.29, 1.82) is 0 Å². The van der Waals surface area contributed by atoms with Gasteiger partial charge in [-0.25, -0.2) is 9.18 Å². The van der Waals surface area contributed by atoms with Crippen LogP contribution < -0.4 is 0 Å². The summed E-state index contributed by atoms with van der Waals surface area (Å²) in [6, 6.07) is 3.73. The minimum absolute atomic E-state index is 0.0616. The molecule has 2 N–H and O–H groups in total. The minimum atomic E-state index is -6.21. The predicted octanol–water partition coefficient (Wildman–Crippen LogP) is 7.54. The van der Waals surface area contributed by atoms with Gasteiger partial charge in [-0.15, -0.1) is 0 Å². The van der Waals surface area contributed by atoms with Crippen LogP contribution in [0.2, 0.25) is 5.02 Å². The van der Waals surface area contributed by atoms with Crippen molar-refractivity contribution in [3.8, 4) is 0 Å². The molecule has 1 aliphatic rings. The number of benzene rings is 1. The first-order valence-corrected chi connectivity index (χ1v) is 9.96. The van der Waals surface area contributed by atoms with E-state index in [0.29, 0.717) is 12.2 Å². The van der Waals surface area contributed by atoms with E-state index in [4.69, 9.17) is 16.7 Å². The Morgan fingerprint density at radius 2 is 1.64 bits per heavy atom. The van der Waals surface area contributed by atoms with Crippen LogP contribution >= 0.6 is 11.6 Å². The molecule has 0 saturated heterocycles. The summed E-state index contributed by atoms with van der Waals surface area (Å²) in [5.74, 6) is -3.91. The van der Waals surface area contributed by atoms with E-state index in [-0.39, 0.29) is 27.5 Å². The van der Waals surface area contributed by atoms with Crippen LogP contribution in [0.3, 0.4) is 0 Å². The van der Waals surface area contributed by atoms with Gasteiger partial charge in [0.25, 0.3) is 0 Å². The zero-order valence-electron chi connectivity index (χ0n) is 17.5. The highest BCUT2D eigenvalue weighted by Crippen LogP contribution is 2.53. The summed E-state index contributed by atoms with van der Waals surface area (Å²) in [6.07, 6.45) is -9.98. The van der Waals surface area contributed by atoms with Gasteiger partial charge in [-0.2, -0.15) is 26.3 Å². The second kappa shape index (κ2) is 9.04. The minimum Gasteiger partial charge on any atom is -0.508 e. The fourth-order valence-corrected chi connectivity index (χ4v) is 4.28. The smallest absolute Gasteiger partial charge is 0.435 e. The second-order valence-electron chi connectivity index (χ2n) is 7.96. The molecule has 0 aliphatic heterocycles. The Kier molecular flexibility index (Phi) is 7.33. The molecular formula is C22H20ClF7O3. The van der Waals surface area contributed by atoms with Crippen LogP contribution in [0.15, 0.2) is 47.6 Å². The molecule has 0 spiro atoms. The number of halogens is 8. The van der Waals surface area contributed by atoms with Gasteiger partial charge in [-0.3, -0.25) is 0 Å². The van der Waals surface area contributed by atoms with Gasteiger partial charge in [-0.1, -0.05) is 43.2 Å². The lowest BCUT2D eigenvalue weighted by molar-refractivity contribution is -0.325. The predicted molar refractivity (Wildman–Crippen MR) is 109 cm³/mol. The number of allylic oxidation sites excluding steroid dienone is 5. The first-order valence-electron chi connectivity index (χ1n) is 9.58. The van der Waals surface area contributed by atoms with Crippen LogP contribution in [0.4, 0.5) is 30.7 Å². The molecule has 0 bridgehead atoms. The second-order valence-corrected chi connectivity index (χ2v) is 8.37. The molecule has 0 fully saturated rings. The number of carboxylic acid groups (broad SMARTS) is 1. The molecule has 2 rings (SSSR count). The van der Waals surface area contributed by atoms with E-state index in [9.17, 15) is 40.6 Å². The van der Waals surface area contributed by atoms with Crippen LogP contribution in [-0.2, 0) is 0 Å². The SMILES string of the molecule is CC1=CC(C(F)(C(F)(F)F)C(F)(F)F)=CC(C)C1C(C)/C=C(\O)c1ccc(Cl)c(C(=O)O)c1. The highest BCUT2D eigenvalue weighted by Gasteiger charge is 2.74. The van der Waals surface area contributed by atoms with Crippen LogP contribution in [0.5, 0.6) is 0 Å². The van der Waals surface area contributed by atoms with Crippen LogP contribution in [-0.4, -0.2) is 34.2 Å². The Bertz CT molecular complexity index is 1010. The first kappa shape index (κ1) is 26.8. The van der Waals surface area contributed by atoms with E-state index in [2.05, 4.69) is 0 Å². The highest BCUT2D eigenvalue weighted by atomic mass is 35.5. The Morgan fingerprint density at radius 3 is 2.09 bits per heavy atom. The Balaban J connectivity index is 2.41. The third-order valence-electron chi connectivity index (χ3n) is 5.58. The average molecular weight is 501 g/mol. The van der Waals surface area contributed by atoms with Gasteiger partial charge in [0, 0.05) is 11.1 Å². The molecule has 1 aliphatic carbocycles. The maximum Gasteiger partial charge on any atom is 0.435 e. The lowest BCUT2D eigenvalue weighted by atomic mass is 9.72. The van der Waals surface area contributed by atoms with Gasteiger partial charge in [-0.05, 0) is 49.0 Å². The van der Waals surface area contributed by atoms with E-state index in [1.54, 1.807) is 6.92 Å². The number of rotatable bonds is 5. The standard InChI is InChI=1S/C22H20ClF7O3/c1-10-6-14(20(24,21(25,26)27)22(28,29)30)7-11(2)18(10)12(3)8-17(31)13-4-5-16(23)15(9-13)19(32)33/h4-10,12,18,31H,1-3H3,(H,32,33)/b17-8-. The van der Waals surface area contributed by atoms with Crippen molar-refractivity contribution in [3.63, 3.8) is 0 Å². The molecular weight excluding hydrogens is 481 g/mol. The topological polar surface area (TPSA) is 57.5 Å². The molecule has 0 aromatic heterocycles. The molecule has 3 atom stereocenters. The lowest BCUT2D eigenvalue weighted by Crippen LogP contribution is -2.54. The van der Waals surface area contributed by atoms with E-state index < -0.39 is 47.3 Å². The van der Waals surface area contributed by atoms with Gasteiger partial charge in [0.1, 0.15) is 5.76 Å². The van der Waals surface area contributed by atoms with Crippen LogP contribution in [0.1, 0.15) is 36.7 Å². The zero-order chi connectivity index (χ0) is 25.5. The lowest BCUT2D eigenvalue weighted by Gasteiger charge is -2.37. The third-order valence-corrected chi connectivity index (χ3v) is 5.91. The molecule has 182 valence electrons. The molecule has 1 aromatic rings. The number of hydrogen-bond donors (Lipinski definition) is 2. The molecule has 0 amide bonds. The summed E-state index contributed by atoms with van der Waals surface area (Å²) in [7, 11) is 0. The molecule has 33 heavy (non-hydrogen) atoms. The Morgan fingerprint density at radius 1 is 1.09 bits per heavy atom. The number of aromatic carboxylic acids is 1. The largest absolute Gasteiger partial charge is 0.508 e. The van der Waals surface area contributed by atoms with Gasteiger partial charge in [0.05, 0.1) is 10.6 Å². The zero-order valence-corrected chi connectivity index (χ0v) is 18.3. The fourth-order valence-electron chi connectivity index (χ4n) is 4.08. The number of carbonyl (C=O) groups is 1. The third kappa shape index (κ3) is 5.05. The molecule has 11 heteroatoms. The van der Waals surface area contributed by atoms with E-state index in [0.717, 1.165) is 6.07 Å². The quantitative estimate of drug-likeness (QED) is 0.324. The van der Waals surface area contributed by atoms with Gasteiger partial charge >= 0.3 is 24.0 Å². The van der Waals surface area contributed by atoms with E-state index in [1.165, 1.54) is 32.1 Å². The normalized spacial score (nSPS) is 21.4. The Hall–Kier alpha value is -2.49. The summed E-state index contributed by atoms with van der Waals surface area (Å²) < 4.78 is 93.1.